The molecule has 3 aromatic carbocycles. The summed E-state index contributed by atoms with van der Waals surface area (Å²) in [6, 6.07) is 16.2. The van der Waals surface area contributed by atoms with Crippen molar-refractivity contribution in [2.24, 2.45) is 11.8 Å². The highest BCUT2D eigenvalue weighted by Gasteiger charge is 2.69. The van der Waals surface area contributed by atoms with Crippen molar-refractivity contribution in [3.8, 4) is 17.2 Å². The fourth-order valence-corrected chi connectivity index (χ4v) is 5.84. The van der Waals surface area contributed by atoms with Crippen LogP contribution in [0.2, 0.25) is 0 Å². The van der Waals surface area contributed by atoms with Crippen LogP contribution in [0.3, 0.4) is 0 Å². The zero-order valence-electron chi connectivity index (χ0n) is 21.5. The van der Waals surface area contributed by atoms with E-state index < -0.39 is 47.0 Å². The predicted molar refractivity (Wildman–Crippen MR) is 138 cm³/mol. The summed E-state index contributed by atoms with van der Waals surface area (Å²) < 4.78 is 30.2. The average molecular weight is 535 g/mol. The Kier molecular flexibility index (Phi) is 6.73. The number of fused-ring (bicyclic) bond motifs is 1. The molecule has 2 N–H and O–H groups in total. The number of ether oxygens (including phenoxy) is 3. The third-order valence-corrected chi connectivity index (χ3v) is 7.52. The van der Waals surface area contributed by atoms with E-state index >= 15 is 0 Å². The molecule has 0 bridgehead atoms. The van der Waals surface area contributed by atoms with Gasteiger partial charge in [0.05, 0.1) is 38.9 Å². The Bertz CT molecular complexity index is 1430. The summed E-state index contributed by atoms with van der Waals surface area (Å²) in [6.07, 6.45) is -0.0628. The number of halogens is 1. The lowest BCUT2D eigenvalue weighted by Crippen LogP contribution is -2.57. The molecular weight excluding hydrogens is 507 g/mol. The van der Waals surface area contributed by atoms with E-state index in [0.29, 0.717) is 16.9 Å². The molecule has 0 radical (unpaired) electrons. The summed E-state index contributed by atoms with van der Waals surface area (Å²) in [5, 5.41) is 13.8. The summed E-state index contributed by atoms with van der Waals surface area (Å²) >= 11 is 0. The number of carbonyl (C=O) groups excluding carboxylic acids is 2. The number of hydrogen-bond donors (Lipinski definition) is 2. The Labute approximate surface area is 224 Å². The number of carboxylic acids is 1. The van der Waals surface area contributed by atoms with Crippen molar-refractivity contribution in [1.29, 1.82) is 0 Å². The van der Waals surface area contributed by atoms with Gasteiger partial charge in [0.25, 0.3) is 0 Å². The minimum Gasteiger partial charge on any atom is -0.493 e. The number of imide groups is 1. The highest BCUT2D eigenvalue weighted by Crippen LogP contribution is 2.54. The monoisotopic (exact) mass is 534 g/mol. The topological polar surface area (TPSA) is 114 Å². The highest BCUT2D eigenvalue weighted by atomic mass is 19.1. The standard InChI is InChI=1S/C29H27FN2O7/c1-37-20-14-13-19(24(38-2)25(20)39-3)23-21-22(27(34)32(26(21)33)18-11-9-17(30)10-12-18)29(31-23,28(35)36)15-16-7-5-4-6-8-16/h4-14,21-23,31H,15H2,1-3H3,(H,35,36)/t21-,22+,23+,29+/m1/s1. The quantitative estimate of drug-likeness (QED) is 0.423. The summed E-state index contributed by atoms with van der Waals surface area (Å²) in [5.74, 6) is -4.56. The van der Waals surface area contributed by atoms with Gasteiger partial charge in [-0.3, -0.25) is 19.7 Å². The number of aliphatic carboxylic acids is 1. The van der Waals surface area contributed by atoms with Gasteiger partial charge in [-0.1, -0.05) is 30.3 Å². The fourth-order valence-electron chi connectivity index (χ4n) is 5.84. The molecule has 0 aromatic heterocycles. The van der Waals surface area contributed by atoms with Gasteiger partial charge >= 0.3 is 5.97 Å². The second-order valence-corrected chi connectivity index (χ2v) is 9.48. The smallest absolute Gasteiger partial charge is 0.325 e. The molecule has 5 rings (SSSR count). The van der Waals surface area contributed by atoms with Gasteiger partial charge in [0.15, 0.2) is 11.5 Å². The Balaban J connectivity index is 1.71. The number of hydrogen-bond acceptors (Lipinski definition) is 7. The van der Waals surface area contributed by atoms with E-state index in [1.54, 1.807) is 42.5 Å². The summed E-state index contributed by atoms with van der Waals surface area (Å²) in [6.45, 7) is 0. The molecule has 2 aliphatic heterocycles. The maximum Gasteiger partial charge on any atom is 0.325 e. The molecule has 2 aliphatic rings. The molecule has 9 nitrogen and oxygen atoms in total. The highest BCUT2D eigenvalue weighted by molar-refractivity contribution is 6.24. The van der Waals surface area contributed by atoms with E-state index in [2.05, 4.69) is 5.32 Å². The molecule has 0 unspecified atom stereocenters. The molecule has 0 spiro atoms. The second kappa shape index (κ2) is 10.0. The van der Waals surface area contributed by atoms with Crippen molar-refractivity contribution in [3.63, 3.8) is 0 Å². The van der Waals surface area contributed by atoms with Crippen molar-refractivity contribution < 1.29 is 38.1 Å². The zero-order chi connectivity index (χ0) is 27.9. The summed E-state index contributed by atoms with van der Waals surface area (Å²) in [7, 11) is 4.33. The van der Waals surface area contributed by atoms with Gasteiger partial charge < -0.3 is 19.3 Å². The first kappa shape index (κ1) is 26.2. The van der Waals surface area contributed by atoms with E-state index in [0.717, 1.165) is 17.0 Å². The Morgan fingerprint density at radius 3 is 2.18 bits per heavy atom. The Morgan fingerprint density at radius 1 is 0.923 bits per heavy atom. The molecule has 4 atom stereocenters. The van der Waals surface area contributed by atoms with Crippen LogP contribution in [0.5, 0.6) is 17.2 Å². The van der Waals surface area contributed by atoms with Crippen molar-refractivity contribution in [2.45, 2.75) is 18.0 Å². The van der Waals surface area contributed by atoms with E-state index in [-0.39, 0.29) is 23.6 Å². The number of carbonyl (C=O) groups is 3. The maximum absolute atomic E-state index is 14.0. The van der Waals surface area contributed by atoms with Crippen molar-refractivity contribution in [2.75, 3.05) is 26.2 Å². The molecule has 2 amide bonds. The lowest BCUT2D eigenvalue weighted by atomic mass is 9.76. The van der Waals surface area contributed by atoms with E-state index in [4.69, 9.17) is 14.2 Å². The van der Waals surface area contributed by atoms with Gasteiger partial charge in [0.2, 0.25) is 17.6 Å². The van der Waals surface area contributed by atoms with Gasteiger partial charge in [-0.2, -0.15) is 0 Å². The van der Waals surface area contributed by atoms with Crippen LogP contribution >= 0.6 is 0 Å². The van der Waals surface area contributed by atoms with Gasteiger partial charge in [0.1, 0.15) is 11.4 Å². The molecule has 2 fully saturated rings. The number of nitrogens with zero attached hydrogens (tertiary/aromatic N) is 1. The minimum absolute atomic E-state index is 0.0628. The normalized spacial score (nSPS) is 24.0. The Hall–Kier alpha value is -4.44. The number of nitrogens with one attached hydrogen (secondary N) is 1. The molecule has 3 aromatic rings. The minimum atomic E-state index is -1.84. The van der Waals surface area contributed by atoms with Crippen LogP contribution in [-0.4, -0.2) is 49.8 Å². The summed E-state index contributed by atoms with van der Waals surface area (Å²) in [4.78, 5) is 42.0. The Morgan fingerprint density at radius 2 is 1.59 bits per heavy atom. The van der Waals surface area contributed by atoms with Crippen molar-refractivity contribution >= 4 is 23.5 Å². The van der Waals surface area contributed by atoms with Gasteiger partial charge in [-0.25, -0.2) is 9.29 Å². The first-order chi connectivity index (χ1) is 18.8. The van der Waals surface area contributed by atoms with Crippen molar-refractivity contribution in [1.82, 2.24) is 5.32 Å². The van der Waals surface area contributed by atoms with Gasteiger partial charge in [-0.15, -0.1) is 0 Å². The third-order valence-electron chi connectivity index (χ3n) is 7.52. The number of methoxy groups -OCH3 is 3. The van der Waals surface area contributed by atoms with E-state index in [1.807, 2.05) is 0 Å². The molecule has 10 heteroatoms. The van der Waals surface area contributed by atoms with Crippen LogP contribution in [0, 0.1) is 17.7 Å². The molecule has 39 heavy (non-hydrogen) atoms. The molecule has 2 heterocycles. The first-order valence-electron chi connectivity index (χ1n) is 12.2. The van der Waals surface area contributed by atoms with Crippen LogP contribution in [-0.2, 0) is 20.8 Å². The molecule has 0 saturated carbocycles. The maximum atomic E-state index is 14.0. The molecule has 202 valence electrons. The molecule has 2 saturated heterocycles. The SMILES string of the molecule is COc1ccc([C@@H]2N[C@](Cc3ccccc3)(C(=O)O)[C@@H]3C(=O)N(c4ccc(F)cc4)C(=O)[C@H]32)c(OC)c1OC. The number of benzene rings is 3. The van der Waals surface area contributed by atoms with E-state index in [1.165, 1.54) is 33.5 Å². The van der Waals surface area contributed by atoms with Gasteiger partial charge in [-0.05, 0) is 42.0 Å². The number of carboxylic acid groups (broad SMARTS) is 1. The second-order valence-electron chi connectivity index (χ2n) is 9.48. The lowest BCUT2D eigenvalue weighted by molar-refractivity contribution is -0.148. The molecular formula is C29H27FN2O7. The predicted octanol–water partition coefficient (Wildman–Crippen LogP) is 3.37. The van der Waals surface area contributed by atoms with Crippen molar-refractivity contribution in [3.05, 3.63) is 83.7 Å². The van der Waals surface area contributed by atoms with Crippen LogP contribution < -0.4 is 24.4 Å². The lowest BCUT2D eigenvalue weighted by Gasteiger charge is -2.31. The van der Waals surface area contributed by atoms with Crippen LogP contribution in [0.25, 0.3) is 0 Å². The summed E-state index contributed by atoms with van der Waals surface area (Å²) in [5.41, 5.74) is -0.566. The third kappa shape index (κ3) is 4.08. The van der Waals surface area contributed by atoms with Crippen LogP contribution in [0.4, 0.5) is 10.1 Å². The van der Waals surface area contributed by atoms with Crippen LogP contribution in [0.15, 0.2) is 66.7 Å². The largest absolute Gasteiger partial charge is 0.493 e. The van der Waals surface area contributed by atoms with Crippen LogP contribution in [0.1, 0.15) is 17.2 Å². The number of amides is 2. The number of anilines is 1. The first-order valence-corrected chi connectivity index (χ1v) is 12.2. The molecule has 0 aliphatic carbocycles. The van der Waals surface area contributed by atoms with E-state index in [9.17, 15) is 23.9 Å². The number of rotatable bonds is 8. The average Bonchev–Trinajstić information content (AvgIpc) is 3.42. The van der Waals surface area contributed by atoms with Gasteiger partial charge in [0, 0.05) is 18.0 Å². The fraction of sp³-hybridized carbons (Fsp3) is 0.276. The zero-order valence-corrected chi connectivity index (χ0v) is 21.5.